The van der Waals surface area contributed by atoms with Crippen LogP contribution in [-0.4, -0.2) is 36.0 Å². The Bertz CT molecular complexity index is 851. The number of H-pyrrole nitrogens is 1. The summed E-state index contributed by atoms with van der Waals surface area (Å²) in [5, 5.41) is 19.4. The van der Waals surface area contributed by atoms with E-state index in [4.69, 9.17) is 11.6 Å². The highest BCUT2D eigenvalue weighted by atomic mass is 35.5. The number of halogens is 1. The first-order chi connectivity index (χ1) is 10.3. The molecular formula is C14H16ClN3O3S. The quantitative estimate of drug-likeness (QED) is 0.785. The number of hydrogen-bond acceptors (Lipinski definition) is 4. The summed E-state index contributed by atoms with van der Waals surface area (Å²) in [6.07, 6.45) is 4.13. The van der Waals surface area contributed by atoms with E-state index in [0.29, 0.717) is 17.9 Å². The second kappa shape index (κ2) is 4.44. The lowest BCUT2D eigenvalue weighted by molar-refractivity contribution is 0.103. The molecule has 2 saturated carbocycles. The van der Waals surface area contributed by atoms with E-state index in [1.54, 1.807) is 18.3 Å². The number of fused-ring (bicyclic) bond motifs is 2. The van der Waals surface area contributed by atoms with Gasteiger partial charge in [-0.05, 0) is 42.4 Å². The highest BCUT2D eigenvalue weighted by Crippen LogP contribution is 2.67. The minimum atomic E-state index is -3.21. The van der Waals surface area contributed by atoms with Gasteiger partial charge in [-0.3, -0.25) is 5.10 Å². The van der Waals surface area contributed by atoms with E-state index in [9.17, 15) is 13.5 Å². The van der Waals surface area contributed by atoms with Crippen LogP contribution in [0, 0.1) is 11.8 Å². The minimum absolute atomic E-state index is 0.0586. The van der Waals surface area contributed by atoms with Gasteiger partial charge in [-0.25, -0.2) is 13.1 Å². The molecule has 2 unspecified atom stereocenters. The molecule has 22 heavy (non-hydrogen) atoms. The third kappa shape index (κ3) is 2.07. The normalized spacial score (nSPS) is 34.0. The maximum absolute atomic E-state index is 11.3. The van der Waals surface area contributed by atoms with E-state index >= 15 is 0 Å². The number of rotatable bonds is 3. The van der Waals surface area contributed by atoms with Gasteiger partial charge in [-0.15, -0.1) is 0 Å². The summed E-state index contributed by atoms with van der Waals surface area (Å²) >= 11 is 6.14. The van der Waals surface area contributed by atoms with Crippen molar-refractivity contribution in [3.63, 3.8) is 0 Å². The van der Waals surface area contributed by atoms with Crippen molar-refractivity contribution in [2.75, 3.05) is 6.26 Å². The Kier molecular flexibility index (Phi) is 2.92. The van der Waals surface area contributed by atoms with Crippen LogP contribution in [0.1, 0.15) is 18.4 Å². The number of aromatic amines is 1. The molecule has 0 spiro atoms. The Morgan fingerprint density at radius 2 is 2.09 bits per heavy atom. The van der Waals surface area contributed by atoms with Crippen LogP contribution in [0.3, 0.4) is 0 Å². The van der Waals surface area contributed by atoms with E-state index in [0.717, 1.165) is 22.7 Å². The lowest BCUT2D eigenvalue weighted by Crippen LogP contribution is -2.35. The van der Waals surface area contributed by atoms with Gasteiger partial charge >= 0.3 is 0 Å². The van der Waals surface area contributed by atoms with Gasteiger partial charge in [-0.1, -0.05) is 11.6 Å². The fourth-order valence-corrected chi connectivity index (χ4v) is 5.08. The first-order valence-electron chi connectivity index (χ1n) is 7.12. The minimum Gasteiger partial charge on any atom is -0.385 e. The number of nitrogens with zero attached hydrogens (tertiary/aromatic N) is 1. The Morgan fingerprint density at radius 3 is 2.73 bits per heavy atom. The summed E-state index contributed by atoms with van der Waals surface area (Å²) in [5.41, 5.74) is 0.658. The summed E-state index contributed by atoms with van der Waals surface area (Å²) in [5.74, 6) is 0.117. The summed E-state index contributed by atoms with van der Waals surface area (Å²) in [6, 6.07) is 3.48. The number of hydrogen-bond donors (Lipinski definition) is 3. The van der Waals surface area contributed by atoms with E-state index in [2.05, 4.69) is 14.9 Å². The molecule has 2 aliphatic rings. The highest BCUT2D eigenvalue weighted by Gasteiger charge is 2.69. The SMILES string of the molecule is CS(=O)(=O)NC1C[C@@H]2[C@H](C1)C2(O)c1cc(Cl)cc2[nH]ncc12. The summed E-state index contributed by atoms with van der Waals surface area (Å²) < 4.78 is 25.3. The van der Waals surface area contributed by atoms with Gasteiger partial charge in [0.1, 0.15) is 0 Å². The van der Waals surface area contributed by atoms with E-state index in [-0.39, 0.29) is 17.9 Å². The summed E-state index contributed by atoms with van der Waals surface area (Å²) in [7, 11) is -3.21. The standard InChI is InChI=1S/C14H16ClN3O3S/c1-22(20,21)18-8-4-11-12(5-8)14(11,19)10-2-7(15)3-13-9(10)6-16-17-13/h2-3,6,8,11-12,18-19H,4-5H2,1H3,(H,16,17)/t8?,11-,12+,14?. The molecular weight excluding hydrogens is 326 g/mol. The van der Waals surface area contributed by atoms with E-state index in [1.165, 1.54) is 0 Å². The van der Waals surface area contributed by atoms with Gasteiger partial charge in [0.2, 0.25) is 10.0 Å². The Hall–Kier alpha value is -1.15. The molecule has 118 valence electrons. The van der Waals surface area contributed by atoms with Crippen molar-refractivity contribution in [2.24, 2.45) is 11.8 Å². The summed E-state index contributed by atoms with van der Waals surface area (Å²) in [6.45, 7) is 0. The molecule has 0 radical (unpaired) electrons. The predicted molar refractivity (Wildman–Crippen MR) is 83.0 cm³/mol. The van der Waals surface area contributed by atoms with Crippen LogP contribution in [-0.2, 0) is 15.6 Å². The molecule has 2 fully saturated rings. The lowest BCUT2D eigenvalue weighted by atomic mass is 9.95. The van der Waals surface area contributed by atoms with Crippen molar-refractivity contribution in [2.45, 2.75) is 24.5 Å². The van der Waals surface area contributed by atoms with Crippen molar-refractivity contribution in [1.29, 1.82) is 0 Å². The molecule has 3 N–H and O–H groups in total. The van der Waals surface area contributed by atoms with Crippen LogP contribution in [0.5, 0.6) is 0 Å². The van der Waals surface area contributed by atoms with Crippen LogP contribution in [0.15, 0.2) is 18.3 Å². The molecule has 0 saturated heterocycles. The zero-order valence-corrected chi connectivity index (χ0v) is 13.4. The van der Waals surface area contributed by atoms with Gasteiger partial charge in [-0.2, -0.15) is 5.10 Å². The molecule has 0 bridgehead atoms. The fraction of sp³-hybridized carbons (Fsp3) is 0.500. The maximum atomic E-state index is 11.3. The average Bonchev–Trinajstić information content (AvgIpc) is 2.83. The topological polar surface area (TPSA) is 95.1 Å². The van der Waals surface area contributed by atoms with Gasteiger partial charge in [0.15, 0.2) is 0 Å². The van der Waals surface area contributed by atoms with Gasteiger partial charge < -0.3 is 5.11 Å². The van der Waals surface area contributed by atoms with Gasteiger partial charge in [0.05, 0.1) is 23.6 Å². The third-order valence-corrected chi connectivity index (χ3v) is 5.90. The molecule has 8 heteroatoms. The Balaban J connectivity index is 1.64. The predicted octanol–water partition coefficient (Wildman–Crippen LogP) is 1.36. The Labute approximate surface area is 132 Å². The number of benzene rings is 1. The molecule has 2 aliphatic carbocycles. The first kappa shape index (κ1) is 14.4. The van der Waals surface area contributed by atoms with Crippen LogP contribution in [0.25, 0.3) is 10.9 Å². The zero-order valence-electron chi connectivity index (χ0n) is 11.9. The number of nitrogens with one attached hydrogen (secondary N) is 2. The second-order valence-electron chi connectivity index (χ2n) is 6.38. The third-order valence-electron chi connectivity index (χ3n) is 4.92. The largest absolute Gasteiger partial charge is 0.385 e. The maximum Gasteiger partial charge on any atom is 0.208 e. The molecule has 2 aromatic rings. The van der Waals surface area contributed by atoms with Crippen LogP contribution in [0.4, 0.5) is 0 Å². The summed E-state index contributed by atoms with van der Waals surface area (Å²) in [4.78, 5) is 0. The van der Waals surface area contributed by atoms with Crippen molar-refractivity contribution < 1.29 is 13.5 Å². The van der Waals surface area contributed by atoms with Crippen molar-refractivity contribution in [1.82, 2.24) is 14.9 Å². The smallest absolute Gasteiger partial charge is 0.208 e. The van der Waals surface area contributed by atoms with E-state index < -0.39 is 15.6 Å². The molecule has 4 rings (SSSR count). The first-order valence-corrected chi connectivity index (χ1v) is 9.39. The molecule has 0 amide bonds. The molecule has 1 heterocycles. The highest BCUT2D eigenvalue weighted by molar-refractivity contribution is 7.88. The van der Waals surface area contributed by atoms with Crippen molar-refractivity contribution in [3.05, 3.63) is 28.9 Å². The van der Waals surface area contributed by atoms with E-state index in [1.807, 2.05) is 0 Å². The number of aliphatic hydroxyl groups is 1. The number of aromatic nitrogens is 2. The molecule has 0 aliphatic heterocycles. The zero-order chi connectivity index (χ0) is 15.7. The van der Waals surface area contributed by atoms with Crippen LogP contribution in [0.2, 0.25) is 5.02 Å². The van der Waals surface area contributed by atoms with Gasteiger partial charge in [0, 0.05) is 16.5 Å². The monoisotopic (exact) mass is 341 g/mol. The lowest BCUT2D eigenvalue weighted by Gasteiger charge is -2.21. The number of sulfonamides is 1. The van der Waals surface area contributed by atoms with Crippen molar-refractivity contribution in [3.8, 4) is 0 Å². The molecule has 1 aromatic carbocycles. The fourth-order valence-electron chi connectivity index (χ4n) is 4.06. The molecule has 6 nitrogen and oxygen atoms in total. The van der Waals surface area contributed by atoms with Gasteiger partial charge in [0.25, 0.3) is 0 Å². The van der Waals surface area contributed by atoms with Crippen LogP contribution >= 0.6 is 11.6 Å². The molecule has 4 atom stereocenters. The molecule has 1 aromatic heterocycles. The van der Waals surface area contributed by atoms with Crippen molar-refractivity contribution >= 4 is 32.5 Å². The average molecular weight is 342 g/mol. The Morgan fingerprint density at radius 1 is 1.41 bits per heavy atom. The second-order valence-corrected chi connectivity index (χ2v) is 8.60. The van der Waals surface area contributed by atoms with Crippen LogP contribution < -0.4 is 4.72 Å².